The normalized spacial score (nSPS) is 11.9. The van der Waals surface area contributed by atoms with Gasteiger partial charge in [0.05, 0.1) is 18.6 Å². The number of ether oxygens (including phenoxy) is 1. The molecule has 0 fully saturated rings. The number of amides is 2. The van der Waals surface area contributed by atoms with E-state index in [0.717, 1.165) is 17.4 Å². The van der Waals surface area contributed by atoms with Gasteiger partial charge in [0.25, 0.3) is 0 Å². The smallest absolute Gasteiger partial charge is 0.242 e. The van der Waals surface area contributed by atoms with E-state index in [-0.39, 0.29) is 37.7 Å². The lowest BCUT2D eigenvalue weighted by Crippen LogP contribution is -2.49. The number of halogens is 1. The number of likely N-dealkylation sites (N-methyl/N-ethyl adjacent to an activating group) is 1. The summed E-state index contributed by atoms with van der Waals surface area (Å²) in [5.74, 6) is 0.115. The molecule has 1 atom stereocenters. The van der Waals surface area contributed by atoms with Gasteiger partial charge in [-0.25, -0.2) is 8.42 Å². The highest BCUT2D eigenvalue weighted by molar-refractivity contribution is 7.92. The zero-order valence-electron chi connectivity index (χ0n) is 23.0. The molecular weight excluding hydrogens is 550 g/mol. The van der Waals surface area contributed by atoms with Crippen molar-refractivity contribution < 1.29 is 22.7 Å². The lowest BCUT2D eigenvalue weighted by Gasteiger charge is -2.31. The summed E-state index contributed by atoms with van der Waals surface area (Å²) in [5, 5.41) is 3.27. The van der Waals surface area contributed by atoms with E-state index >= 15 is 0 Å². The third kappa shape index (κ3) is 8.99. The third-order valence-corrected chi connectivity index (χ3v) is 7.82. The maximum atomic E-state index is 13.7. The van der Waals surface area contributed by atoms with Gasteiger partial charge in [-0.05, 0) is 60.9 Å². The van der Waals surface area contributed by atoms with Crippen LogP contribution in [0.1, 0.15) is 30.9 Å². The van der Waals surface area contributed by atoms with Gasteiger partial charge in [-0.2, -0.15) is 0 Å². The first-order chi connectivity index (χ1) is 19.1. The SMILES string of the molecule is CCOc1ccc(N(CCCC(=O)N(Cc2ccc(Cl)cc2)[C@@H](Cc2ccccc2)C(=O)NC)S(C)(=O)=O)cc1. The van der Waals surface area contributed by atoms with Crippen LogP contribution >= 0.6 is 11.6 Å². The minimum Gasteiger partial charge on any atom is -0.494 e. The van der Waals surface area contributed by atoms with Crippen molar-refractivity contribution in [2.45, 2.75) is 38.8 Å². The van der Waals surface area contributed by atoms with Crippen LogP contribution in [0.3, 0.4) is 0 Å². The predicted octanol–water partition coefficient (Wildman–Crippen LogP) is 4.67. The molecule has 2 amide bonds. The Morgan fingerprint density at radius 2 is 1.60 bits per heavy atom. The van der Waals surface area contributed by atoms with Gasteiger partial charge in [-0.15, -0.1) is 0 Å². The van der Waals surface area contributed by atoms with Gasteiger partial charge in [0, 0.05) is 38.0 Å². The molecule has 0 heterocycles. The summed E-state index contributed by atoms with van der Waals surface area (Å²) >= 11 is 6.06. The van der Waals surface area contributed by atoms with Gasteiger partial charge in [0.2, 0.25) is 21.8 Å². The molecule has 0 radical (unpaired) electrons. The summed E-state index contributed by atoms with van der Waals surface area (Å²) in [7, 11) is -2.05. The summed E-state index contributed by atoms with van der Waals surface area (Å²) < 4.78 is 31.9. The predicted molar refractivity (Wildman–Crippen MR) is 159 cm³/mol. The second kappa shape index (κ2) is 14.7. The van der Waals surface area contributed by atoms with E-state index < -0.39 is 16.1 Å². The van der Waals surface area contributed by atoms with E-state index in [0.29, 0.717) is 29.5 Å². The Hall–Kier alpha value is -3.56. The lowest BCUT2D eigenvalue weighted by molar-refractivity contribution is -0.141. The molecule has 0 unspecified atom stereocenters. The molecule has 0 aliphatic heterocycles. The van der Waals surface area contributed by atoms with E-state index in [9.17, 15) is 18.0 Å². The number of rotatable bonds is 14. The molecule has 1 N–H and O–H groups in total. The van der Waals surface area contributed by atoms with Crippen molar-refractivity contribution in [2.24, 2.45) is 0 Å². The fourth-order valence-corrected chi connectivity index (χ4v) is 5.48. The molecule has 40 heavy (non-hydrogen) atoms. The van der Waals surface area contributed by atoms with Crippen molar-refractivity contribution in [3.8, 4) is 5.75 Å². The molecular formula is C30H36ClN3O5S. The molecule has 0 aliphatic carbocycles. The van der Waals surface area contributed by atoms with Gasteiger partial charge in [0.1, 0.15) is 11.8 Å². The first-order valence-electron chi connectivity index (χ1n) is 13.1. The highest BCUT2D eigenvalue weighted by atomic mass is 35.5. The molecule has 214 valence electrons. The van der Waals surface area contributed by atoms with E-state index in [1.54, 1.807) is 48.3 Å². The van der Waals surface area contributed by atoms with Crippen molar-refractivity contribution in [3.63, 3.8) is 0 Å². The van der Waals surface area contributed by atoms with Crippen LogP contribution in [0.25, 0.3) is 0 Å². The van der Waals surface area contributed by atoms with Crippen LogP contribution in [0.2, 0.25) is 5.02 Å². The first kappa shape index (κ1) is 31.0. The standard InChI is InChI=1S/C30H36ClN3O5S/c1-4-39-27-18-16-26(17-19-27)34(40(3,37)38)20-8-11-29(35)33(22-24-12-14-25(31)15-13-24)28(30(36)32-2)21-23-9-6-5-7-10-23/h5-7,9-10,12-19,28H,4,8,11,20-22H2,1-3H3,(H,32,36)/t28-/m0/s1. The Morgan fingerprint density at radius 3 is 2.17 bits per heavy atom. The number of anilines is 1. The van der Waals surface area contributed by atoms with Crippen LogP contribution < -0.4 is 14.4 Å². The Bertz CT molecular complexity index is 1350. The highest BCUT2D eigenvalue weighted by Gasteiger charge is 2.30. The Morgan fingerprint density at radius 1 is 0.950 bits per heavy atom. The quantitative estimate of drug-likeness (QED) is 0.297. The minimum atomic E-state index is -3.60. The van der Waals surface area contributed by atoms with Crippen molar-refractivity contribution >= 4 is 39.1 Å². The second-order valence-corrected chi connectivity index (χ2v) is 11.7. The van der Waals surface area contributed by atoms with Crippen LogP contribution in [0.15, 0.2) is 78.9 Å². The van der Waals surface area contributed by atoms with Crippen LogP contribution in [0, 0.1) is 0 Å². The monoisotopic (exact) mass is 585 g/mol. The van der Waals surface area contributed by atoms with Gasteiger partial charge < -0.3 is 15.0 Å². The average Bonchev–Trinajstić information content (AvgIpc) is 2.94. The summed E-state index contributed by atoms with van der Waals surface area (Å²) in [6.07, 6.45) is 1.79. The van der Waals surface area contributed by atoms with E-state index in [4.69, 9.17) is 16.3 Å². The van der Waals surface area contributed by atoms with Crippen LogP contribution in [0.5, 0.6) is 5.75 Å². The average molecular weight is 586 g/mol. The fourth-order valence-electron chi connectivity index (χ4n) is 4.39. The van der Waals surface area contributed by atoms with Crippen LogP contribution in [-0.2, 0) is 32.6 Å². The summed E-state index contributed by atoms with van der Waals surface area (Å²) in [6, 6.07) is 22.7. The first-order valence-corrected chi connectivity index (χ1v) is 15.3. The Labute approximate surface area is 241 Å². The summed E-state index contributed by atoms with van der Waals surface area (Å²) in [6.45, 7) is 2.69. The molecule has 8 nitrogen and oxygen atoms in total. The van der Waals surface area contributed by atoms with Crippen LogP contribution in [-0.4, -0.2) is 57.6 Å². The molecule has 0 spiro atoms. The van der Waals surface area contributed by atoms with Gasteiger partial charge in [0.15, 0.2) is 0 Å². The number of nitrogens with one attached hydrogen (secondary N) is 1. The van der Waals surface area contributed by atoms with E-state index in [1.165, 1.54) is 4.31 Å². The van der Waals surface area contributed by atoms with Gasteiger partial charge in [-0.3, -0.25) is 13.9 Å². The van der Waals surface area contributed by atoms with Crippen molar-refractivity contribution in [2.75, 3.05) is 30.8 Å². The third-order valence-electron chi connectivity index (χ3n) is 6.37. The molecule has 0 bridgehead atoms. The maximum Gasteiger partial charge on any atom is 0.242 e. The van der Waals surface area contributed by atoms with Gasteiger partial charge >= 0.3 is 0 Å². The van der Waals surface area contributed by atoms with E-state index in [2.05, 4.69) is 5.32 Å². The zero-order valence-corrected chi connectivity index (χ0v) is 24.6. The van der Waals surface area contributed by atoms with E-state index in [1.807, 2.05) is 49.4 Å². The molecule has 0 saturated carbocycles. The molecule has 3 aromatic rings. The summed E-state index contributed by atoms with van der Waals surface area (Å²) in [4.78, 5) is 28.3. The van der Waals surface area contributed by atoms with Crippen molar-refractivity contribution in [3.05, 3.63) is 95.0 Å². The number of nitrogens with zero attached hydrogens (tertiary/aromatic N) is 2. The van der Waals surface area contributed by atoms with Gasteiger partial charge in [-0.1, -0.05) is 54.1 Å². The summed E-state index contributed by atoms with van der Waals surface area (Å²) in [5.41, 5.74) is 2.24. The second-order valence-electron chi connectivity index (χ2n) is 9.33. The number of hydrogen-bond acceptors (Lipinski definition) is 5. The largest absolute Gasteiger partial charge is 0.494 e. The molecule has 10 heteroatoms. The zero-order chi connectivity index (χ0) is 29.1. The Balaban J connectivity index is 1.81. The minimum absolute atomic E-state index is 0.0545. The topological polar surface area (TPSA) is 96.0 Å². The number of sulfonamides is 1. The molecule has 3 rings (SSSR count). The number of benzene rings is 3. The molecule has 0 aliphatic rings. The number of carbonyl (C=O) groups is 2. The molecule has 0 saturated heterocycles. The Kier molecular flexibility index (Phi) is 11.4. The molecule has 3 aromatic carbocycles. The number of hydrogen-bond donors (Lipinski definition) is 1. The number of carbonyl (C=O) groups excluding carboxylic acids is 2. The lowest BCUT2D eigenvalue weighted by atomic mass is 10.0. The molecule has 0 aromatic heterocycles. The van der Waals surface area contributed by atoms with Crippen molar-refractivity contribution in [1.82, 2.24) is 10.2 Å². The van der Waals surface area contributed by atoms with Crippen molar-refractivity contribution in [1.29, 1.82) is 0 Å². The van der Waals surface area contributed by atoms with Crippen LogP contribution in [0.4, 0.5) is 5.69 Å². The fraction of sp³-hybridized carbons (Fsp3) is 0.333. The maximum absolute atomic E-state index is 13.7. The highest BCUT2D eigenvalue weighted by Crippen LogP contribution is 2.23.